The second-order valence-electron chi connectivity index (χ2n) is 6.02. The molecule has 3 aromatic heterocycles. The van der Waals surface area contributed by atoms with E-state index in [1.807, 2.05) is 7.05 Å². The van der Waals surface area contributed by atoms with Gasteiger partial charge in [0.15, 0.2) is 17.3 Å². The molecule has 0 amide bonds. The van der Waals surface area contributed by atoms with Gasteiger partial charge in [-0.1, -0.05) is 0 Å². The van der Waals surface area contributed by atoms with Crippen LogP contribution in [0, 0.1) is 5.92 Å². The Morgan fingerprint density at radius 3 is 3.04 bits per heavy atom. The molecule has 1 aliphatic rings. The van der Waals surface area contributed by atoms with Gasteiger partial charge in [-0.3, -0.25) is 4.79 Å². The fourth-order valence-corrected chi connectivity index (χ4v) is 3.23. The number of nitrogens with zero attached hydrogens (tertiary/aromatic N) is 6. The lowest BCUT2D eigenvalue weighted by atomic mass is 9.93. The lowest BCUT2D eigenvalue weighted by Gasteiger charge is -2.32. The molecule has 0 bridgehead atoms. The number of carbonyl (C=O) groups is 1. The molecule has 1 atom stereocenters. The van der Waals surface area contributed by atoms with Crippen LogP contribution in [0.3, 0.4) is 0 Å². The van der Waals surface area contributed by atoms with Gasteiger partial charge in [0.1, 0.15) is 5.52 Å². The summed E-state index contributed by atoms with van der Waals surface area (Å²) in [7, 11) is 1.83. The van der Waals surface area contributed by atoms with Crippen LogP contribution in [0.5, 0.6) is 0 Å². The molecule has 0 spiro atoms. The predicted molar refractivity (Wildman–Crippen MR) is 88.6 cm³/mol. The van der Waals surface area contributed by atoms with Gasteiger partial charge in [-0.15, -0.1) is 0 Å². The van der Waals surface area contributed by atoms with E-state index < -0.39 is 0 Å². The second kappa shape index (κ2) is 5.59. The van der Waals surface area contributed by atoms with Gasteiger partial charge in [-0.2, -0.15) is 9.97 Å². The number of nitrogens with two attached hydrogens (primary N) is 1. The van der Waals surface area contributed by atoms with Gasteiger partial charge >= 0.3 is 0 Å². The summed E-state index contributed by atoms with van der Waals surface area (Å²) in [4.78, 5) is 34.7. The Hall–Kier alpha value is -2.97. The van der Waals surface area contributed by atoms with E-state index in [1.165, 1.54) is 0 Å². The van der Waals surface area contributed by atoms with E-state index in [-0.39, 0.29) is 17.6 Å². The first kappa shape index (κ1) is 14.6. The molecule has 24 heavy (non-hydrogen) atoms. The molecule has 124 valence electrons. The number of rotatable bonds is 3. The van der Waals surface area contributed by atoms with E-state index in [2.05, 4.69) is 29.8 Å². The van der Waals surface area contributed by atoms with Crippen LogP contribution < -0.4 is 10.6 Å². The number of nitrogens with one attached hydrogen (secondary N) is 1. The minimum absolute atomic E-state index is 0.0649. The summed E-state index contributed by atoms with van der Waals surface area (Å²) in [5, 5.41) is 0. The highest BCUT2D eigenvalue weighted by Gasteiger charge is 2.30. The average molecular weight is 326 g/mol. The number of hydrogen-bond acceptors (Lipinski definition) is 7. The molecular weight excluding hydrogens is 308 g/mol. The third-order valence-corrected chi connectivity index (χ3v) is 4.42. The van der Waals surface area contributed by atoms with Crippen molar-refractivity contribution in [2.75, 3.05) is 23.7 Å². The van der Waals surface area contributed by atoms with Crippen LogP contribution in [0.25, 0.3) is 11.2 Å². The lowest BCUT2D eigenvalue weighted by Crippen LogP contribution is -2.40. The smallest absolute Gasteiger partial charge is 0.224 e. The van der Waals surface area contributed by atoms with E-state index in [0.717, 1.165) is 24.9 Å². The van der Waals surface area contributed by atoms with E-state index in [4.69, 9.17) is 5.73 Å². The fourth-order valence-electron chi connectivity index (χ4n) is 3.23. The van der Waals surface area contributed by atoms with Gasteiger partial charge in [-0.25, -0.2) is 9.97 Å². The highest BCUT2D eigenvalue weighted by atomic mass is 16.1. The quantitative estimate of drug-likeness (QED) is 0.682. The third-order valence-electron chi connectivity index (χ3n) is 4.42. The summed E-state index contributed by atoms with van der Waals surface area (Å²) in [5.74, 6) is 1.33. The zero-order valence-electron chi connectivity index (χ0n) is 13.3. The van der Waals surface area contributed by atoms with Gasteiger partial charge < -0.3 is 20.2 Å². The van der Waals surface area contributed by atoms with Crippen LogP contribution in [0.4, 0.5) is 11.8 Å². The van der Waals surface area contributed by atoms with E-state index in [9.17, 15) is 4.79 Å². The minimum Gasteiger partial charge on any atom is -0.368 e. The summed E-state index contributed by atoms with van der Waals surface area (Å²) in [6.07, 6.45) is 6.75. The maximum Gasteiger partial charge on any atom is 0.224 e. The van der Waals surface area contributed by atoms with Crippen molar-refractivity contribution in [3.63, 3.8) is 0 Å². The van der Waals surface area contributed by atoms with Crippen LogP contribution in [-0.2, 0) is 7.05 Å². The largest absolute Gasteiger partial charge is 0.368 e. The van der Waals surface area contributed by atoms with Crippen molar-refractivity contribution < 1.29 is 4.79 Å². The van der Waals surface area contributed by atoms with Crippen molar-refractivity contribution in [1.29, 1.82) is 0 Å². The molecule has 3 N–H and O–H groups in total. The molecule has 4 heterocycles. The number of nitrogen functional groups attached to an aromatic ring is 1. The van der Waals surface area contributed by atoms with Gasteiger partial charge in [-0.05, 0) is 12.8 Å². The number of carbonyl (C=O) groups excluding carboxylic acids is 1. The zero-order chi connectivity index (χ0) is 16.7. The van der Waals surface area contributed by atoms with Crippen molar-refractivity contribution >= 4 is 28.7 Å². The Morgan fingerprint density at radius 2 is 2.25 bits per heavy atom. The molecule has 9 nitrogen and oxygen atoms in total. The summed E-state index contributed by atoms with van der Waals surface area (Å²) >= 11 is 0. The second-order valence-corrected chi connectivity index (χ2v) is 6.02. The van der Waals surface area contributed by atoms with Crippen LogP contribution in [-0.4, -0.2) is 48.4 Å². The number of fused-ring (bicyclic) bond motifs is 1. The van der Waals surface area contributed by atoms with Gasteiger partial charge in [0.2, 0.25) is 11.7 Å². The van der Waals surface area contributed by atoms with Crippen molar-refractivity contribution in [2.24, 2.45) is 13.0 Å². The minimum atomic E-state index is -0.117. The Balaban J connectivity index is 1.64. The van der Waals surface area contributed by atoms with Crippen molar-refractivity contribution in [1.82, 2.24) is 29.5 Å². The van der Waals surface area contributed by atoms with Crippen LogP contribution in [0.2, 0.25) is 0 Å². The molecule has 0 aromatic carbocycles. The van der Waals surface area contributed by atoms with Crippen molar-refractivity contribution in [3.8, 4) is 0 Å². The number of hydrogen-bond donors (Lipinski definition) is 2. The Labute approximate surface area is 137 Å². The first-order valence-corrected chi connectivity index (χ1v) is 7.86. The monoisotopic (exact) mass is 326 g/mol. The molecular formula is C15H18N8O. The first-order chi connectivity index (χ1) is 11.6. The molecule has 3 aromatic rings. The topological polar surface area (TPSA) is 119 Å². The van der Waals surface area contributed by atoms with Crippen molar-refractivity contribution in [3.05, 3.63) is 24.5 Å². The zero-order valence-corrected chi connectivity index (χ0v) is 13.3. The standard InChI is InChI=1S/C15H18N8O/c1-22-6-4-17-14(22)11(24)9-3-2-5-23(7-9)13-10-12(19-8-18-10)20-15(16)21-13/h4,6,8-9H,2-3,5,7H2,1H3,(H3,16,18,19,20,21)/t9-/m1/s1. The summed E-state index contributed by atoms with van der Waals surface area (Å²) in [6.45, 7) is 1.39. The Kier molecular flexibility index (Phi) is 3.40. The molecule has 1 aliphatic heterocycles. The molecule has 0 saturated carbocycles. The first-order valence-electron chi connectivity index (χ1n) is 7.86. The number of Topliss-reactive ketones (excluding diaryl/α,β-unsaturated/α-hetero) is 1. The molecule has 9 heteroatoms. The molecule has 0 aliphatic carbocycles. The van der Waals surface area contributed by atoms with E-state index in [1.54, 1.807) is 23.3 Å². The number of H-pyrrole nitrogens is 1. The molecule has 0 radical (unpaired) electrons. The van der Waals surface area contributed by atoms with E-state index in [0.29, 0.717) is 23.8 Å². The van der Waals surface area contributed by atoms with Crippen LogP contribution in [0.15, 0.2) is 18.7 Å². The highest BCUT2D eigenvalue weighted by molar-refractivity contribution is 5.95. The number of piperidine rings is 1. The number of aromatic nitrogens is 6. The Morgan fingerprint density at radius 1 is 1.38 bits per heavy atom. The number of aryl methyl sites for hydroxylation is 1. The number of ketones is 1. The summed E-state index contributed by atoms with van der Waals surface area (Å²) in [6, 6.07) is 0. The SMILES string of the molecule is Cn1ccnc1C(=O)[C@@H]1CCCN(c2nc(N)nc3nc[nH]c23)C1. The highest BCUT2D eigenvalue weighted by Crippen LogP contribution is 2.28. The van der Waals surface area contributed by atoms with Crippen molar-refractivity contribution in [2.45, 2.75) is 12.8 Å². The number of anilines is 2. The normalized spacial score (nSPS) is 18.2. The van der Waals surface area contributed by atoms with E-state index >= 15 is 0 Å². The number of aromatic amines is 1. The molecule has 4 rings (SSSR count). The van der Waals surface area contributed by atoms with Gasteiger partial charge in [0.05, 0.1) is 6.33 Å². The third kappa shape index (κ3) is 2.38. The summed E-state index contributed by atoms with van der Waals surface area (Å²) < 4.78 is 1.76. The van der Waals surface area contributed by atoms with Gasteiger partial charge in [0.25, 0.3) is 0 Å². The fraction of sp³-hybridized carbons (Fsp3) is 0.400. The number of imidazole rings is 2. The summed E-state index contributed by atoms with van der Waals surface area (Å²) in [5.41, 5.74) is 7.08. The van der Waals surface area contributed by atoms with Gasteiger partial charge in [0, 0.05) is 38.4 Å². The molecule has 1 saturated heterocycles. The molecule has 0 unspecified atom stereocenters. The van der Waals surface area contributed by atoms with Crippen LogP contribution >= 0.6 is 0 Å². The van der Waals surface area contributed by atoms with Crippen LogP contribution in [0.1, 0.15) is 23.5 Å². The maximum absolute atomic E-state index is 12.8. The maximum atomic E-state index is 12.8. The Bertz CT molecular complexity index is 898. The predicted octanol–water partition coefficient (Wildman–Crippen LogP) is 0.768. The average Bonchev–Trinajstić information content (AvgIpc) is 3.22. The lowest BCUT2D eigenvalue weighted by molar-refractivity contribution is 0.0893. The molecule has 1 fully saturated rings.